The highest BCUT2D eigenvalue weighted by molar-refractivity contribution is 7.07. The molecule has 1 nitrogen and oxygen atoms in total. The van der Waals surface area contributed by atoms with E-state index in [1.165, 1.54) is 37.7 Å². The molecule has 1 aromatic heterocycles. The normalized spacial score (nSPS) is 11.1. The van der Waals surface area contributed by atoms with Crippen LogP contribution in [0.15, 0.2) is 16.8 Å². The molecule has 86 valence electrons. The smallest absolute Gasteiger partial charge is 0.00669 e. The van der Waals surface area contributed by atoms with Crippen LogP contribution in [0.2, 0.25) is 0 Å². The maximum atomic E-state index is 3.66. The van der Waals surface area contributed by atoms with Gasteiger partial charge in [0.25, 0.3) is 0 Å². The van der Waals surface area contributed by atoms with Gasteiger partial charge in [0.1, 0.15) is 0 Å². The monoisotopic (exact) mass is 225 g/mol. The molecule has 2 heteroatoms. The van der Waals surface area contributed by atoms with Crippen LogP contribution in [0.3, 0.4) is 0 Å². The highest BCUT2D eigenvalue weighted by atomic mass is 32.1. The van der Waals surface area contributed by atoms with Gasteiger partial charge in [0.2, 0.25) is 0 Å². The van der Waals surface area contributed by atoms with Gasteiger partial charge in [-0.2, -0.15) is 11.3 Å². The zero-order valence-corrected chi connectivity index (χ0v) is 10.8. The zero-order valence-electron chi connectivity index (χ0n) is 9.96. The summed E-state index contributed by atoms with van der Waals surface area (Å²) < 4.78 is 0. The van der Waals surface area contributed by atoms with Crippen molar-refractivity contribution in [1.82, 2.24) is 5.32 Å². The molecule has 1 heterocycles. The van der Waals surface area contributed by atoms with Crippen molar-refractivity contribution in [3.63, 3.8) is 0 Å². The molecule has 0 saturated heterocycles. The van der Waals surface area contributed by atoms with Gasteiger partial charge < -0.3 is 5.32 Å². The maximum absolute atomic E-state index is 3.66. The average molecular weight is 225 g/mol. The van der Waals surface area contributed by atoms with E-state index >= 15 is 0 Å². The molecule has 0 aromatic carbocycles. The van der Waals surface area contributed by atoms with Crippen molar-refractivity contribution in [3.05, 3.63) is 22.4 Å². The molecule has 0 aliphatic carbocycles. The Hall–Kier alpha value is -0.340. The molecule has 0 saturated carbocycles. The molecule has 15 heavy (non-hydrogen) atoms. The van der Waals surface area contributed by atoms with Crippen LogP contribution in [0.4, 0.5) is 0 Å². The standard InChI is InChI=1S/C13H23NS/c1-3-5-13(6-4-2)14-9-7-12-8-10-15-11-12/h8,10-11,13-14H,3-7,9H2,1-2H3. The summed E-state index contributed by atoms with van der Waals surface area (Å²) in [5.41, 5.74) is 1.47. The molecule has 0 amide bonds. The van der Waals surface area contributed by atoms with Crippen molar-refractivity contribution in [2.45, 2.75) is 52.0 Å². The van der Waals surface area contributed by atoms with Crippen molar-refractivity contribution in [2.24, 2.45) is 0 Å². The van der Waals surface area contributed by atoms with E-state index in [1.54, 1.807) is 11.3 Å². The Balaban J connectivity index is 2.15. The van der Waals surface area contributed by atoms with Crippen molar-refractivity contribution >= 4 is 11.3 Å². The van der Waals surface area contributed by atoms with Crippen LogP contribution in [-0.4, -0.2) is 12.6 Å². The lowest BCUT2D eigenvalue weighted by Crippen LogP contribution is -2.30. The van der Waals surface area contributed by atoms with E-state index in [4.69, 9.17) is 0 Å². The fourth-order valence-electron chi connectivity index (χ4n) is 1.90. The Morgan fingerprint density at radius 1 is 1.27 bits per heavy atom. The third-order valence-electron chi connectivity index (χ3n) is 2.70. The van der Waals surface area contributed by atoms with Crippen LogP contribution in [0.25, 0.3) is 0 Å². The van der Waals surface area contributed by atoms with Gasteiger partial charge >= 0.3 is 0 Å². The Morgan fingerprint density at radius 2 is 2.00 bits per heavy atom. The third kappa shape index (κ3) is 5.33. The number of hydrogen-bond acceptors (Lipinski definition) is 2. The van der Waals surface area contributed by atoms with Gasteiger partial charge in [-0.1, -0.05) is 26.7 Å². The van der Waals surface area contributed by atoms with E-state index in [0.717, 1.165) is 12.6 Å². The highest BCUT2D eigenvalue weighted by Crippen LogP contribution is 2.07. The number of rotatable bonds is 8. The molecule has 0 unspecified atom stereocenters. The predicted octanol–water partition coefficient (Wildman–Crippen LogP) is 3.85. The van der Waals surface area contributed by atoms with Gasteiger partial charge in [-0.25, -0.2) is 0 Å². The lowest BCUT2D eigenvalue weighted by Gasteiger charge is -2.16. The van der Waals surface area contributed by atoms with Crippen LogP contribution >= 0.6 is 11.3 Å². The van der Waals surface area contributed by atoms with Crippen molar-refractivity contribution in [2.75, 3.05) is 6.54 Å². The summed E-state index contributed by atoms with van der Waals surface area (Å²) in [7, 11) is 0. The minimum atomic E-state index is 0.735. The van der Waals surface area contributed by atoms with Gasteiger partial charge in [-0.15, -0.1) is 0 Å². The summed E-state index contributed by atoms with van der Waals surface area (Å²) in [6, 6.07) is 2.96. The van der Waals surface area contributed by atoms with Crippen LogP contribution in [0, 0.1) is 0 Å². The van der Waals surface area contributed by atoms with Gasteiger partial charge in [0.15, 0.2) is 0 Å². The molecule has 0 bridgehead atoms. The van der Waals surface area contributed by atoms with Crippen LogP contribution < -0.4 is 5.32 Å². The van der Waals surface area contributed by atoms with Crippen LogP contribution in [0.5, 0.6) is 0 Å². The van der Waals surface area contributed by atoms with E-state index in [2.05, 4.69) is 36.0 Å². The molecular weight excluding hydrogens is 202 g/mol. The van der Waals surface area contributed by atoms with Gasteiger partial charge in [-0.3, -0.25) is 0 Å². The Morgan fingerprint density at radius 3 is 2.53 bits per heavy atom. The van der Waals surface area contributed by atoms with Crippen LogP contribution in [0.1, 0.15) is 45.1 Å². The number of nitrogens with one attached hydrogen (secondary N) is 1. The number of hydrogen-bond donors (Lipinski definition) is 1. The first-order chi connectivity index (χ1) is 7.36. The Kier molecular flexibility index (Phi) is 6.69. The Bertz CT molecular complexity index is 225. The largest absolute Gasteiger partial charge is 0.314 e. The van der Waals surface area contributed by atoms with Gasteiger partial charge in [-0.05, 0) is 48.2 Å². The first kappa shape index (κ1) is 12.7. The lowest BCUT2D eigenvalue weighted by molar-refractivity contribution is 0.447. The third-order valence-corrected chi connectivity index (χ3v) is 3.43. The first-order valence-electron chi connectivity index (χ1n) is 6.11. The molecule has 1 rings (SSSR count). The fraction of sp³-hybridized carbons (Fsp3) is 0.692. The minimum absolute atomic E-state index is 0.735. The summed E-state index contributed by atoms with van der Waals surface area (Å²) in [6.45, 7) is 5.66. The minimum Gasteiger partial charge on any atom is -0.314 e. The SMILES string of the molecule is CCCC(CCC)NCCc1ccsc1. The van der Waals surface area contributed by atoms with E-state index in [9.17, 15) is 0 Å². The molecule has 0 radical (unpaired) electrons. The van der Waals surface area contributed by atoms with Gasteiger partial charge in [0, 0.05) is 6.04 Å². The second-order valence-electron chi connectivity index (χ2n) is 4.11. The number of thiophene rings is 1. The maximum Gasteiger partial charge on any atom is 0.00669 e. The predicted molar refractivity (Wildman–Crippen MR) is 69.6 cm³/mol. The van der Waals surface area contributed by atoms with Crippen molar-refractivity contribution in [1.29, 1.82) is 0 Å². The van der Waals surface area contributed by atoms with E-state index < -0.39 is 0 Å². The van der Waals surface area contributed by atoms with E-state index in [-0.39, 0.29) is 0 Å². The fourth-order valence-corrected chi connectivity index (χ4v) is 2.60. The first-order valence-corrected chi connectivity index (χ1v) is 7.05. The molecule has 1 aromatic rings. The zero-order chi connectivity index (χ0) is 10.9. The molecule has 0 atom stereocenters. The van der Waals surface area contributed by atoms with E-state index in [1.807, 2.05) is 0 Å². The summed E-state index contributed by atoms with van der Waals surface area (Å²) in [5, 5.41) is 8.07. The molecule has 0 spiro atoms. The molecule has 0 aliphatic rings. The topological polar surface area (TPSA) is 12.0 Å². The van der Waals surface area contributed by atoms with Crippen molar-refractivity contribution in [3.8, 4) is 0 Å². The molecular formula is C13H23NS. The summed E-state index contributed by atoms with van der Waals surface area (Å²) >= 11 is 1.79. The second-order valence-corrected chi connectivity index (χ2v) is 4.89. The molecule has 0 aliphatic heterocycles. The summed E-state index contributed by atoms with van der Waals surface area (Å²) in [6.07, 6.45) is 6.38. The average Bonchev–Trinajstić information content (AvgIpc) is 2.71. The molecule has 1 N–H and O–H groups in total. The quantitative estimate of drug-likeness (QED) is 0.708. The molecule has 0 fully saturated rings. The lowest BCUT2D eigenvalue weighted by atomic mass is 10.1. The Labute approximate surface area is 97.9 Å². The van der Waals surface area contributed by atoms with E-state index in [0.29, 0.717) is 0 Å². The highest BCUT2D eigenvalue weighted by Gasteiger charge is 2.04. The second kappa shape index (κ2) is 7.89. The van der Waals surface area contributed by atoms with Crippen LogP contribution in [-0.2, 0) is 6.42 Å². The summed E-state index contributed by atoms with van der Waals surface area (Å²) in [4.78, 5) is 0. The van der Waals surface area contributed by atoms with Gasteiger partial charge in [0.05, 0.1) is 0 Å². The summed E-state index contributed by atoms with van der Waals surface area (Å²) in [5.74, 6) is 0. The van der Waals surface area contributed by atoms with Crippen molar-refractivity contribution < 1.29 is 0 Å².